The number of aryl methyl sites for hydroxylation is 3. The fourth-order valence-electron chi connectivity index (χ4n) is 3.31. The number of carbonyl (C=O) groups is 2. The molecule has 6 heteroatoms. The lowest BCUT2D eigenvalue weighted by atomic mass is 9.91. The third-order valence-corrected chi connectivity index (χ3v) is 4.73. The average Bonchev–Trinajstić information content (AvgIpc) is 3.07. The zero-order valence-electron chi connectivity index (χ0n) is 14.1. The number of aliphatic carboxylic acids is 1. The summed E-state index contributed by atoms with van der Waals surface area (Å²) in [5.74, 6) is -1.79. The lowest BCUT2D eigenvalue weighted by Gasteiger charge is -2.27. The van der Waals surface area contributed by atoms with E-state index in [9.17, 15) is 14.7 Å². The molecule has 0 bridgehead atoms. The molecular formula is C18H21N3O3. The Kier molecular flexibility index (Phi) is 4.13. The van der Waals surface area contributed by atoms with Crippen LogP contribution in [0.5, 0.6) is 0 Å². The van der Waals surface area contributed by atoms with Crippen LogP contribution in [-0.4, -0.2) is 31.7 Å². The van der Waals surface area contributed by atoms with Crippen molar-refractivity contribution in [2.24, 2.45) is 13.0 Å². The van der Waals surface area contributed by atoms with E-state index in [1.165, 1.54) is 0 Å². The molecule has 1 aromatic heterocycles. The third kappa shape index (κ3) is 2.91. The zero-order valence-corrected chi connectivity index (χ0v) is 14.1. The smallest absolute Gasteiger partial charge is 0.309 e. The lowest BCUT2D eigenvalue weighted by molar-refractivity contribution is -0.142. The maximum Gasteiger partial charge on any atom is 0.309 e. The van der Waals surface area contributed by atoms with E-state index in [0.29, 0.717) is 6.54 Å². The first-order chi connectivity index (χ1) is 11.4. The Labute approximate surface area is 140 Å². The van der Waals surface area contributed by atoms with E-state index >= 15 is 0 Å². The highest BCUT2D eigenvalue weighted by molar-refractivity contribution is 5.87. The van der Waals surface area contributed by atoms with Gasteiger partial charge >= 0.3 is 5.97 Å². The van der Waals surface area contributed by atoms with Crippen LogP contribution in [0.2, 0.25) is 0 Å². The molecule has 1 saturated heterocycles. The summed E-state index contributed by atoms with van der Waals surface area (Å²) in [6.45, 7) is 4.38. The van der Waals surface area contributed by atoms with Crippen LogP contribution < -0.4 is 0 Å². The van der Waals surface area contributed by atoms with Crippen LogP contribution in [0.4, 0.5) is 0 Å². The molecule has 1 aliphatic heterocycles. The Morgan fingerprint density at radius 3 is 2.67 bits per heavy atom. The highest BCUT2D eigenvalue weighted by Crippen LogP contribution is 2.39. The van der Waals surface area contributed by atoms with E-state index in [1.54, 1.807) is 15.8 Å². The van der Waals surface area contributed by atoms with Crippen molar-refractivity contribution in [2.75, 3.05) is 0 Å². The van der Waals surface area contributed by atoms with Gasteiger partial charge in [-0.1, -0.05) is 18.2 Å². The minimum Gasteiger partial charge on any atom is -0.481 e. The second kappa shape index (κ2) is 6.11. The molecule has 1 aliphatic rings. The Hall–Kier alpha value is -2.63. The van der Waals surface area contributed by atoms with E-state index in [2.05, 4.69) is 5.10 Å². The second-order valence-corrected chi connectivity index (χ2v) is 6.48. The Balaban J connectivity index is 1.99. The number of hydrogen-bond donors (Lipinski definition) is 1. The molecule has 126 valence electrons. The van der Waals surface area contributed by atoms with Gasteiger partial charge in [0.25, 0.3) is 0 Å². The van der Waals surface area contributed by atoms with Crippen LogP contribution in [-0.2, 0) is 23.2 Å². The van der Waals surface area contributed by atoms with Crippen molar-refractivity contribution in [2.45, 2.75) is 32.9 Å². The summed E-state index contributed by atoms with van der Waals surface area (Å²) in [4.78, 5) is 25.8. The van der Waals surface area contributed by atoms with Gasteiger partial charge in [-0.05, 0) is 30.5 Å². The van der Waals surface area contributed by atoms with E-state index in [0.717, 1.165) is 22.3 Å². The maximum absolute atomic E-state index is 12.5. The number of benzene rings is 1. The lowest BCUT2D eigenvalue weighted by Crippen LogP contribution is -2.30. The molecule has 2 aromatic rings. The van der Waals surface area contributed by atoms with Gasteiger partial charge in [0, 0.05) is 31.8 Å². The molecule has 1 fully saturated rings. The first kappa shape index (κ1) is 16.2. The van der Waals surface area contributed by atoms with Gasteiger partial charge in [0.1, 0.15) is 0 Å². The largest absolute Gasteiger partial charge is 0.481 e. The van der Waals surface area contributed by atoms with E-state index in [1.807, 2.05) is 45.3 Å². The number of aromatic nitrogens is 2. The molecule has 2 atom stereocenters. The van der Waals surface area contributed by atoms with Gasteiger partial charge in [-0.25, -0.2) is 0 Å². The summed E-state index contributed by atoms with van der Waals surface area (Å²) >= 11 is 0. The second-order valence-electron chi connectivity index (χ2n) is 6.48. The van der Waals surface area contributed by atoms with Crippen molar-refractivity contribution in [1.29, 1.82) is 0 Å². The normalized spacial score (nSPS) is 20.6. The summed E-state index contributed by atoms with van der Waals surface area (Å²) in [6, 6.07) is 5.45. The SMILES string of the molecule is Cc1ccc(C2C(C(=O)O)CC(=O)N2Cc2cnn(C)c2)cc1C. The van der Waals surface area contributed by atoms with Crippen molar-refractivity contribution < 1.29 is 14.7 Å². The molecule has 1 amide bonds. The van der Waals surface area contributed by atoms with Crippen molar-refractivity contribution in [3.05, 3.63) is 52.8 Å². The van der Waals surface area contributed by atoms with Gasteiger partial charge in [-0.3, -0.25) is 14.3 Å². The molecular weight excluding hydrogens is 306 g/mol. The quantitative estimate of drug-likeness (QED) is 0.934. The minimum atomic E-state index is -0.930. The predicted molar refractivity (Wildman–Crippen MR) is 88.2 cm³/mol. The molecule has 2 heterocycles. The molecule has 1 N–H and O–H groups in total. The molecule has 0 spiro atoms. The van der Waals surface area contributed by atoms with Gasteiger partial charge in [-0.2, -0.15) is 5.10 Å². The van der Waals surface area contributed by atoms with Crippen LogP contribution in [0, 0.1) is 19.8 Å². The van der Waals surface area contributed by atoms with Crippen LogP contribution in [0.1, 0.15) is 34.7 Å². The molecule has 1 aromatic carbocycles. The molecule has 0 saturated carbocycles. The molecule has 0 radical (unpaired) electrons. The van der Waals surface area contributed by atoms with Gasteiger partial charge in [-0.15, -0.1) is 0 Å². The standard InChI is InChI=1S/C18H21N3O3/c1-11-4-5-14(6-12(11)2)17-15(18(23)24)7-16(22)21(17)10-13-8-19-20(3)9-13/h4-6,8-9,15,17H,7,10H2,1-3H3,(H,23,24). The minimum absolute atomic E-state index is 0.0349. The summed E-state index contributed by atoms with van der Waals surface area (Å²) in [6.07, 6.45) is 3.59. The topological polar surface area (TPSA) is 75.4 Å². The van der Waals surface area contributed by atoms with Crippen LogP contribution in [0.3, 0.4) is 0 Å². The average molecular weight is 327 g/mol. The van der Waals surface area contributed by atoms with Crippen molar-refractivity contribution in [3.63, 3.8) is 0 Å². The third-order valence-electron chi connectivity index (χ3n) is 4.73. The fourth-order valence-corrected chi connectivity index (χ4v) is 3.31. The maximum atomic E-state index is 12.5. The summed E-state index contributed by atoms with van der Waals surface area (Å²) in [5, 5.41) is 13.7. The molecule has 2 unspecified atom stereocenters. The van der Waals surface area contributed by atoms with Crippen LogP contribution in [0.25, 0.3) is 0 Å². The summed E-state index contributed by atoms with van der Waals surface area (Å²) in [7, 11) is 1.82. The van der Waals surface area contributed by atoms with E-state index < -0.39 is 17.9 Å². The summed E-state index contributed by atoms with van der Waals surface area (Å²) < 4.78 is 1.68. The zero-order chi connectivity index (χ0) is 17.4. The van der Waals surface area contributed by atoms with Crippen LogP contribution in [0.15, 0.2) is 30.6 Å². The predicted octanol–water partition coefficient (Wildman–Crippen LogP) is 2.21. The first-order valence-electron chi connectivity index (χ1n) is 7.93. The number of nitrogens with zero attached hydrogens (tertiary/aromatic N) is 3. The van der Waals surface area contributed by atoms with Crippen LogP contribution >= 0.6 is 0 Å². The first-order valence-corrected chi connectivity index (χ1v) is 7.93. The number of carbonyl (C=O) groups excluding carboxylic acids is 1. The van der Waals surface area contributed by atoms with Crippen molar-refractivity contribution >= 4 is 11.9 Å². The molecule has 0 aliphatic carbocycles. The van der Waals surface area contributed by atoms with Crippen molar-refractivity contribution in [3.8, 4) is 0 Å². The molecule has 6 nitrogen and oxygen atoms in total. The number of carboxylic acids is 1. The number of rotatable bonds is 4. The Morgan fingerprint density at radius 2 is 2.08 bits per heavy atom. The van der Waals surface area contributed by atoms with Gasteiger partial charge in [0.2, 0.25) is 5.91 Å². The molecule has 24 heavy (non-hydrogen) atoms. The monoisotopic (exact) mass is 327 g/mol. The van der Waals surface area contributed by atoms with E-state index in [4.69, 9.17) is 0 Å². The highest BCUT2D eigenvalue weighted by atomic mass is 16.4. The number of hydrogen-bond acceptors (Lipinski definition) is 3. The van der Waals surface area contributed by atoms with Crippen molar-refractivity contribution in [1.82, 2.24) is 14.7 Å². The highest BCUT2D eigenvalue weighted by Gasteiger charge is 2.44. The Bertz CT molecular complexity index is 797. The van der Waals surface area contributed by atoms with E-state index in [-0.39, 0.29) is 12.3 Å². The Morgan fingerprint density at radius 1 is 1.33 bits per heavy atom. The molecule has 3 rings (SSSR count). The van der Waals surface area contributed by atoms with Gasteiger partial charge < -0.3 is 10.0 Å². The fraction of sp³-hybridized carbons (Fsp3) is 0.389. The summed E-state index contributed by atoms with van der Waals surface area (Å²) in [5.41, 5.74) is 4.01. The number of likely N-dealkylation sites (tertiary alicyclic amines) is 1. The van der Waals surface area contributed by atoms with Gasteiger partial charge in [0.05, 0.1) is 18.2 Å². The van der Waals surface area contributed by atoms with Gasteiger partial charge in [0.15, 0.2) is 0 Å². The number of amides is 1. The number of carboxylic acid groups (broad SMARTS) is 1.